The van der Waals surface area contributed by atoms with Gasteiger partial charge in [-0.2, -0.15) is 13.2 Å². The fraction of sp³-hybridized carbons (Fsp3) is 0.304. The van der Waals surface area contributed by atoms with Gasteiger partial charge >= 0.3 is 6.18 Å². The lowest BCUT2D eigenvalue weighted by molar-refractivity contribution is -0.125. The second-order valence-corrected chi connectivity index (χ2v) is 7.68. The molecule has 0 unspecified atom stereocenters. The van der Waals surface area contributed by atoms with Crippen LogP contribution >= 0.6 is 0 Å². The molecule has 0 spiro atoms. The molecule has 186 valence electrons. The molecule has 3 rings (SSSR count). The summed E-state index contributed by atoms with van der Waals surface area (Å²) in [4.78, 5) is 35.3. The summed E-state index contributed by atoms with van der Waals surface area (Å²) in [5.41, 5.74) is -2.56. The van der Waals surface area contributed by atoms with E-state index in [1.807, 2.05) is 0 Å². The van der Waals surface area contributed by atoms with Crippen LogP contribution in [0, 0.1) is 5.82 Å². The van der Waals surface area contributed by atoms with Crippen molar-refractivity contribution in [2.45, 2.75) is 12.6 Å². The zero-order valence-electron chi connectivity index (χ0n) is 18.8. The van der Waals surface area contributed by atoms with Gasteiger partial charge < -0.3 is 19.8 Å². The van der Waals surface area contributed by atoms with Crippen molar-refractivity contribution in [2.24, 2.45) is 0 Å². The van der Waals surface area contributed by atoms with E-state index in [0.717, 1.165) is 31.6 Å². The molecule has 1 aromatic heterocycles. The van der Waals surface area contributed by atoms with E-state index in [2.05, 4.69) is 16.5 Å². The largest absolute Gasteiger partial charge is 0.506 e. The number of aromatic nitrogens is 2. The minimum atomic E-state index is -5.00. The molecular weight excluding hydrogens is 470 g/mol. The van der Waals surface area contributed by atoms with E-state index < -0.39 is 29.1 Å². The van der Waals surface area contributed by atoms with Crippen molar-refractivity contribution >= 4 is 29.8 Å². The molecule has 1 saturated heterocycles. The van der Waals surface area contributed by atoms with Gasteiger partial charge in [-0.25, -0.2) is 14.4 Å². The third-order valence-corrected chi connectivity index (χ3v) is 5.52. The Bertz CT molecular complexity index is 1130. The van der Waals surface area contributed by atoms with Crippen molar-refractivity contribution in [1.82, 2.24) is 14.9 Å². The number of hydrogen-bond donors (Lipinski definition) is 1. The van der Waals surface area contributed by atoms with Crippen LogP contribution in [0.2, 0.25) is 0 Å². The lowest BCUT2D eigenvalue weighted by atomic mass is 10.1. The molecule has 2 heterocycles. The van der Waals surface area contributed by atoms with E-state index in [1.54, 1.807) is 9.80 Å². The van der Waals surface area contributed by atoms with E-state index in [1.165, 1.54) is 6.08 Å². The van der Waals surface area contributed by atoms with Gasteiger partial charge in [0.2, 0.25) is 5.91 Å². The van der Waals surface area contributed by atoms with Gasteiger partial charge in [0.25, 0.3) is 0 Å². The number of alkyl halides is 3. The van der Waals surface area contributed by atoms with Crippen LogP contribution < -0.4 is 9.80 Å². The first kappa shape index (κ1) is 25.7. The van der Waals surface area contributed by atoms with E-state index in [9.17, 15) is 32.3 Å². The Balaban J connectivity index is 2.11. The Morgan fingerprint density at radius 2 is 1.94 bits per heavy atom. The van der Waals surface area contributed by atoms with Gasteiger partial charge in [0, 0.05) is 38.8 Å². The van der Waals surface area contributed by atoms with Gasteiger partial charge in [-0.3, -0.25) is 9.59 Å². The van der Waals surface area contributed by atoms with Gasteiger partial charge in [0.05, 0.1) is 0 Å². The minimum absolute atomic E-state index is 0.0582. The Kier molecular flexibility index (Phi) is 7.72. The first-order chi connectivity index (χ1) is 16.6. The quantitative estimate of drug-likeness (QED) is 0.375. The number of halogens is 4. The lowest BCUT2D eigenvalue weighted by Gasteiger charge is -2.27. The summed E-state index contributed by atoms with van der Waals surface area (Å²) >= 11 is 0. The number of para-hydroxylation sites is 1. The molecular formula is C23H23F4N5O3. The van der Waals surface area contributed by atoms with Gasteiger partial charge in [-0.05, 0) is 30.7 Å². The number of hydrogen-bond acceptors (Lipinski definition) is 7. The van der Waals surface area contributed by atoms with Gasteiger partial charge in [0.1, 0.15) is 35.0 Å². The summed E-state index contributed by atoms with van der Waals surface area (Å²) in [6.07, 6.45) is -1.29. The summed E-state index contributed by atoms with van der Waals surface area (Å²) in [6.45, 7) is 4.73. The number of anilines is 2. The Labute approximate surface area is 198 Å². The zero-order valence-corrected chi connectivity index (χ0v) is 18.8. The SMILES string of the molecule is C=CC(=O)N1CCCN(c2ncnc(C=O)c2/C=C(\N(C)c2c(O)cccc2F)C(F)(F)F)CC1. The number of phenolic OH excluding ortho intramolecular Hbond substituents is 1. The molecule has 0 atom stereocenters. The fourth-order valence-corrected chi connectivity index (χ4v) is 3.82. The molecule has 0 aliphatic carbocycles. The molecule has 35 heavy (non-hydrogen) atoms. The van der Waals surface area contributed by atoms with Crippen LogP contribution in [0.3, 0.4) is 0 Å². The average Bonchev–Trinajstić information content (AvgIpc) is 3.07. The second-order valence-electron chi connectivity index (χ2n) is 7.68. The predicted molar refractivity (Wildman–Crippen MR) is 122 cm³/mol. The Morgan fingerprint density at radius 3 is 2.57 bits per heavy atom. The summed E-state index contributed by atoms with van der Waals surface area (Å²) in [5.74, 6) is -1.97. The summed E-state index contributed by atoms with van der Waals surface area (Å²) in [5, 5.41) is 10.0. The van der Waals surface area contributed by atoms with Crippen LogP contribution in [0.5, 0.6) is 5.75 Å². The first-order valence-electron chi connectivity index (χ1n) is 10.5. The lowest BCUT2D eigenvalue weighted by Crippen LogP contribution is -2.34. The topological polar surface area (TPSA) is 89.9 Å². The molecule has 0 bridgehead atoms. The van der Waals surface area contributed by atoms with E-state index in [4.69, 9.17) is 0 Å². The van der Waals surface area contributed by atoms with Crippen LogP contribution in [0.25, 0.3) is 6.08 Å². The van der Waals surface area contributed by atoms with Gasteiger partial charge in [-0.15, -0.1) is 0 Å². The molecule has 1 aliphatic rings. The van der Waals surface area contributed by atoms with E-state index >= 15 is 0 Å². The summed E-state index contributed by atoms with van der Waals surface area (Å²) in [7, 11) is 0.951. The number of amides is 1. The minimum Gasteiger partial charge on any atom is -0.506 e. The van der Waals surface area contributed by atoms with E-state index in [0.29, 0.717) is 36.8 Å². The molecule has 1 amide bonds. The number of aldehydes is 1. The molecule has 1 aromatic carbocycles. The van der Waals surface area contributed by atoms with Crippen LogP contribution in [0.15, 0.2) is 42.9 Å². The van der Waals surface area contributed by atoms with Crippen LogP contribution in [0.4, 0.5) is 29.1 Å². The molecule has 1 aliphatic heterocycles. The monoisotopic (exact) mass is 493 g/mol. The molecule has 1 fully saturated rings. The normalized spacial score (nSPS) is 14.9. The number of allylic oxidation sites excluding steroid dienone is 1. The summed E-state index contributed by atoms with van der Waals surface area (Å²) in [6, 6.07) is 3.14. The third-order valence-electron chi connectivity index (χ3n) is 5.52. The van der Waals surface area contributed by atoms with Crippen molar-refractivity contribution in [3.05, 3.63) is 60.0 Å². The number of benzene rings is 1. The number of phenols is 1. The van der Waals surface area contributed by atoms with Crippen molar-refractivity contribution in [3.8, 4) is 5.75 Å². The highest BCUT2D eigenvalue weighted by atomic mass is 19.4. The smallest absolute Gasteiger partial charge is 0.431 e. The van der Waals surface area contributed by atoms with Gasteiger partial charge in [-0.1, -0.05) is 12.6 Å². The highest BCUT2D eigenvalue weighted by Gasteiger charge is 2.39. The highest BCUT2D eigenvalue weighted by molar-refractivity contribution is 5.87. The maximum Gasteiger partial charge on any atom is 0.431 e. The van der Waals surface area contributed by atoms with Crippen LogP contribution in [-0.4, -0.2) is 71.6 Å². The second kappa shape index (κ2) is 10.5. The highest BCUT2D eigenvalue weighted by Crippen LogP contribution is 2.39. The average molecular weight is 493 g/mol. The van der Waals surface area contributed by atoms with E-state index in [-0.39, 0.29) is 36.1 Å². The number of aromatic hydroxyl groups is 1. The molecule has 1 N–H and O–H groups in total. The van der Waals surface area contributed by atoms with Gasteiger partial charge in [0.15, 0.2) is 12.1 Å². The Morgan fingerprint density at radius 1 is 1.20 bits per heavy atom. The molecule has 0 radical (unpaired) electrons. The predicted octanol–water partition coefficient (Wildman–Crippen LogP) is 3.40. The summed E-state index contributed by atoms with van der Waals surface area (Å²) < 4.78 is 56.8. The number of carbonyl (C=O) groups excluding carboxylic acids is 2. The zero-order chi connectivity index (χ0) is 25.8. The molecule has 2 aromatic rings. The number of nitrogens with zero attached hydrogens (tertiary/aromatic N) is 5. The van der Waals surface area contributed by atoms with Crippen molar-refractivity contribution in [1.29, 1.82) is 0 Å². The molecule has 0 saturated carbocycles. The Hall–Kier alpha value is -3.96. The fourth-order valence-electron chi connectivity index (χ4n) is 3.82. The number of carbonyl (C=O) groups is 2. The molecule has 12 heteroatoms. The van der Waals surface area contributed by atoms with Crippen LogP contribution in [0.1, 0.15) is 22.5 Å². The maximum atomic E-state index is 14.4. The van der Waals surface area contributed by atoms with Crippen LogP contribution in [-0.2, 0) is 4.79 Å². The first-order valence-corrected chi connectivity index (χ1v) is 10.5. The number of rotatable bonds is 6. The third kappa shape index (κ3) is 5.58. The van der Waals surface area contributed by atoms with Crippen molar-refractivity contribution in [2.75, 3.05) is 43.0 Å². The maximum absolute atomic E-state index is 14.4. The standard InChI is InChI=1S/C23H23F4N5O3/c1-3-20(35)31-8-5-9-32(11-10-31)22-15(17(13-33)28-14-29-22)12-19(23(25,26)27)30(2)21-16(24)6-4-7-18(21)34/h3-4,6-7,12-14,34H,1,5,8-11H2,2H3/b19-12-. The molecule has 8 nitrogen and oxygen atoms in total. The van der Waals surface area contributed by atoms with Crippen molar-refractivity contribution in [3.63, 3.8) is 0 Å². The van der Waals surface area contributed by atoms with Crippen molar-refractivity contribution < 1.29 is 32.3 Å².